The van der Waals surface area contributed by atoms with E-state index in [9.17, 15) is 43.2 Å². The number of phosphoric acid groups is 2. The minimum atomic E-state index is -4.97. The summed E-state index contributed by atoms with van der Waals surface area (Å²) in [6.07, 6.45) is 61.9. The molecule has 3 N–H and O–H groups in total. The number of carbonyl (C=O) groups excluding carboxylic acids is 4. The first kappa shape index (κ1) is 97.5. The van der Waals surface area contributed by atoms with Gasteiger partial charge in [0.2, 0.25) is 0 Å². The van der Waals surface area contributed by atoms with Crippen LogP contribution in [0.5, 0.6) is 0 Å². The lowest BCUT2D eigenvalue weighted by Gasteiger charge is -2.21. The molecule has 0 aromatic heterocycles. The number of hydrogen-bond acceptors (Lipinski definition) is 15. The molecule has 590 valence electrons. The predicted octanol–water partition coefficient (Wildman–Crippen LogP) is 23.7. The smallest absolute Gasteiger partial charge is 0.462 e. The fourth-order valence-electron chi connectivity index (χ4n) is 11.9. The second kappa shape index (κ2) is 70.8. The molecule has 0 fully saturated rings. The van der Waals surface area contributed by atoms with Crippen LogP contribution in [0.4, 0.5) is 0 Å². The number of unbranched alkanes of at least 4 members (excludes halogenated alkanes) is 42. The van der Waals surface area contributed by atoms with Gasteiger partial charge >= 0.3 is 39.5 Å². The molecule has 0 aliphatic carbocycles. The van der Waals surface area contributed by atoms with Gasteiger partial charge in [-0.2, -0.15) is 0 Å². The number of phosphoric ester groups is 2. The van der Waals surface area contributed by atoms with Crippen molar-refractivity contribution < 1.29 is 80.2 Å². The van der Waals surface area contributed by atoms with Crippen LogP contribution >= 0.6 is 15.6 Å². The maximum absolute atomic E-state index is 13.1. The summed E-state index contributed by atoms with van der Waals surface area (Å²) in [6.45, 7) is 11.9. The largest absolute Gasteiger partial charge is 0.472 e. The first-order valence-electron chi connectivity index (χ1n) is 41.2. The average molecular weight is 1460 g/mol. The molecule has 0 aromatic carbocycles. The van der Waals surface area contributed by atoms with Gasteiger partial charge in [-0.15, -0.1) is 0 Å². The molecule has 0 radical (unpaired) electrons. The molecule has 0 amide bonds. The van der Waals surface area contributed by atoms with Crippen LogP contribution in [-0.4, -0.2) is 96.7 Å². The molecular formula is C81H154O17P2. The molecule has 0 saturated carbocycles. The lowest BCUT2D eigenvalue weighted by atomic mass is 10.0. The molecule has 0 spiro atoms. The number of ether oxygens (including phenoxy) is 4. The monoisotopic (exact) mass is 1460 g/mol. The van der Waals surface area contributed by atoms with Gasteiger partial charge < -0.3 is 33.8 Å². The number of carbonyl (C=O) groups is 4. The zero-order chi connectivity index (χ0) is 73.7. The van der Waals surface area contributed by atoms with Gasteiger partial charge in [0.1, 0.15) is 19.3 Å². The summed E-state index contributed by atoms with van der Waals surface area (Å²) in [5.74, 6) is 0.159. The fourth-order valence-corrected chi connectivity index (χ4v) is 13.5. The van der Waals surface area contributed by atoms with Gasteiger partial charge in [0.05, 0.1) is 26.4 Å². The van der Waals surface area contributed by atoms with E-state index < -0.39 is 97.5 Å². The molecule has 0 heterocycles. The van der Waals surface area contributed by atoms with Crippen molar-refractivity contribution in [2.45, 2.75) is 414 Å². The van der Waals surface area contributed by atoms with E-state index >= 15 is 0 Å². The molecule has 0 aliphatic rings. The van der Waals surface area contributed by atoms with Gasteiger partial charge in [0, 0.05) is 25.7 Å². The first-order chi connectivity index (χ1) is 48.2. The van der Waals surface area contributed by atoms with Gasteiger partial charge in [-0.1, -0.05) is 342 Å². The Kier molecular flexibility index (Phi) is 69.1. The lowest BCUT2D eigenvalue weighted by molar-refractivity contribution is -0.161. The number of esters is 4. The Morgan fingerprint density at radius 2 is 0.540 bits per heavy atom. The molecule has 3 unspecified atom stereocenters. The Hall–Kier alpha value is -2.46. The summed E-state index contributed by atoms with van der Waals surface area (Å²) >= 11 is 0. The van der Waals surface area contributed by atoms with Gasteiger partial charge in [0.15, 0.2) is 12.2 Å². The topological polar surface area (TPSA) is 237 Å². The van der Waals surface area contributed by atoms with Crippen LogP contribution in [0.25, 0.3) is 0 Å². The van der Waals surface area contributed by atoms with Crippen LogP contribution < -0.4 is 0 Å². The van der Waals surface area contributed by atoms with Gasteiger partial charge in [-0.25, -0.2) is 9.13 Å². The second-order valence-electron chi connectivity index (χ2n) is 29.9. The summed E-state index contributed by atoms with van der Waals surface area (Å²) in [7, 11) is -9.93. The van der Waals surface area contributed by atoms with E-state index in [1.807, 2.05) is 0 Å². The Labute approximate surface area is 612 Å². The molecule has 0 aliphatic heterocycles. The van der Waals surface area contributed by atoms with Crippen molar-refractivity contribution in [3.05, 3.63) is 24.3 Å². The van der Waals surface area contributed by atoms with Crippen LogP contribution in [0.3, 0.4) is 0 Å². The summed E-state index contributed by atoms with van der Waals surface area (Å²) in [5.41, 5.74) is 0. The molecule has 17 nitrogen and oxygen atoms in total. The van der Waals surface area contributed by atoms with Crippen LogP contribution in [-0.2, 0) is 65.4 Å². The molecule has 0 aromatic rings. The van der Waals surface area contributed by atoms with E-state index in [1.54, 1.807) is 0 Å². The van der Waals surface area contributed by atoms with Crippen LogP contribution in [0, 0.1) is 17.8 Å². The minimum Gasteiger partial charge on any atom is -0.462 e. The quantitative estimate of drug-likeness (QED) is 0.0169. The second-order valence-corrected chi connectivity index (χ2v) is 32.8. The number of aliphatic hydroxyl groups excluding tert-OH is 1. The summed E-state index contributed by atoms with van der Waals surface area (Å²) in [5, 5.41) is 10.6. The van der Waals surface area contributed by atoms with Gasteiger partial charge in [-0.05, 0) is 69.1 Å². The van der Waals surface area contributed by atoms with Crippen LogP contribution in [0.15, 0.2) is 24.3 Å². The van der Waals surface area contributed by atoms with Crippen molar-refractivity contribution in [3.8, 4) is 0 Å². The molecule has 100 heavy (non-hydrogen) atoms. The first-order valence-corrected chi connectivity index (χ1v) is 44.2. The predicted molar refractivity (Wildman–Crippen MR) is 409 cm³/mol. The molecule has 0 bridgehead atoms. The Bertz CT molecular complexity index is 2030. The third-order valence-electron chi connectivity index (χ3n) is 18.3. The minimum absolute atomic E-state index is 0.0851. The molecule has 0 saturated heterocycles. The van der Waals surface area contributed by atoms with E-state index in [0.29, 0.717) is 31.6 Å². The van der Waals surface area contributed by atoms with Crippen molar-refractivity contribution in [1.82, 2.24) is 0 Å². The third kappa shape index (κ3) is 73.8. The van der Waals surface area contributed by atoms with Crippen molar-refractivity contribution >= 4 is 39.5 Å². The van der Waals surface area contributed by atoms with Gasteiger partial charge in [-0.3, -0.25) is 37.3 Å². The molecular weight excluding hydrogens is 1310 g/mol. The Morgan fingerprint density at radius 3 is 0.810 bits per heavy atom. The Morgan fingerprint density at radius 1 is 0.310 bits per heavy atom. The maximum Gasteiger partial charge on any atom is 0.472 e. The zero-order valence-corrected chi connectivity index (χ0v) is 66.9. The zero-order valence-electron chi connectivity index (χ0n) is 65.2. The maximum atomic E-state index is 13.1. The normalized spacial score (nSPS) is 14.1. The van der Waals surface area contributed by atoms with E-state index in [1.165, 1.54) is 186 Å². The highest BCUT2D eigenvalue weighted by Crippen LogP contribution is 2.45. The number of aliphatic hydroxyl groups is 1. The Balaban J connectivity index is 5.27. The van der Waals surface area contributed by atoms with Crippen LogP contribution in [0.2, 0.25) is 0 Å². The van der Waals surface area contributed by atoms with Crippen molar-refractivity contribution in [2.75, 3.05) is 39.6 Å². The van der Waals surface area contributed by atoms with E-state index in [0.717, 1.165) is 121 Å². The molecule has 19 heteroatoms. The molecule has 5 atom stereocenters. The summed E-state index contributed by atoms with van der Waals surface area (Å²) < 4.78 is 68.7. The highest BCUT2D eigenvalue weighted by molar-refractivity contribution is 7.47. The van der Waals surface area contributed by atoms with Crippen molar-refractivity contribution in [1.29, 1.82) is 0 Å². The number of rotatable bonds is 77. The number of allylic oxidation sites excluding steroid dienone is 4. The van der Waals surface area contributed by atoms with Crippen molar-refractivity contribution in [3.63, 3.8) is 0 Å². The SMILES string of the molecule is CCCCCC/C=C\C=C/CCCCCCCC(=O)O[C@H](COC(=O)CCCCCCCCCCCCCCCCCC(C)C)COP(=O)(O)OCC(O)COP(=O)(O)OC[C@@H](COC(=O)CCCCCCCCCC(C)C)OC(=O)CCCCCCCCCCCCCCCCC(C)C. The van der Waals surface area contributed by atoms with Crippen molar-refractivity contribution in [2.24, 2.45) is 17.8 Å². The van der Waals surface area contributed by atoms with E-state index in [-0.39, 0.29) is 25.7 Å². The third-order valence-corrected chi connectivity index (χ3v) is 20.2. The fraction of sp³-hybridized carbons (Fsp3) is 0.901. The number of hydrogen-bond donors (Lipinski definition) is 3. The average Bonchev–Trinajstić information content (AvgIpc) is 1.14. The van der Waals surface area contributed by atoms with Gasteiger partial charge in [0.25, 0.3) is 0 Å². The summed E-state index contributed by atoms with van der Waals surface area (Å²) in [6, 6.07) is 0. The van der Waals surface area contributed by atoms with E-state index in [2.05, 4.69) is 72.8 Å². The standard InChI is InChI=1S/C81H154O17P2/c1-8-9-10-11-12-13-14-15-17-25-30-35-42-50-57-64-80(85)97-76(68-91-78(83)62-55-48-41-34-29-24-19-16-18-22-27-32-38-45-52-59-72(2)3)70-95-99(87,88)93-66-75(82)67-94-100(89,90)96-71-77(69-92-79(84)63-56-49-44-37-40-47-54-61-74(6)7)98-81(86)65-58-51-43-36-31-26-21-20-23-28-33-39-46-53-60-73(4)5/h13-15,17,72-77,82H,8-12,16,18-71H2,1-7H3,(H,87,88)(H,89,90)/b14-13-,17-15-/t75?,76-,77-/m1/s1. The lowest BCUT2D eigenvalue weighted by Crippen LogP contribution is -2.30. The van der Waals surface area contributed by atoms with Crippen LogP contribution in [0.1, 0.15) is 395 Å². The highest BCUT2D eigenvalue weighted by atomic mass is 31.2. The van der Waals surface area contributed by atoms with E-state index in [4.69, 9.17) is 37.0 Å². The molecule has 0 rings (SSSR count). The summed E-state index contributed by atoms with van der Waals surface area (Å²) in [4.78, 5) is 73.0. The highest BCUT2D eigenvalue weighted by Gasteiger charge is 2.30.